The van der Waals surface area contributed by atoms with Gasteiger partial charge >= 0.3 is 0 Å². The van der Waals surface area contributed by atoms with Crippen LogP contribution < -0.4 is 0 Å². The van der Waals surface area contributed by atoms with Gasteiger partial charge in [0.15, 0.2) is 0 Å². The van der Waals surface area contributed by atoms with Gasteiger partial charge in [-0.15, -0.1) is 0 Å². The fraction of sp³-hybridized carbons (Fsp3) is 0.588. The summed E-state index contributed by atoms with van der Waals surface area (Å²) in [5.41, 5.74) is 2.33. The van der Waals surface area contributed by atoms with Gasteiger partial charge in [-0.05, 0) is 30.4 Å². The molecule has 1 fully saturated rings. The van der Waals surface area contributed by atoms with E-state index in [0.29, 0.717) is 6.42 Å². The molecule has 2 atom stereocenters. The van der Waals surface area contributed by atoms with E-state index < -0.39 is 0 Å². The summed E-state index contributed by atoms with van der Waals surface area (Å²) in [7, 11) is 1.82. The van der Waals surface area contributed by atoms with Crippen molar-refractivity contribution in [1.82, 2.24) is 4.90 Å². The van der Waals surface area contributed by atoms with Crippen LogP contribution in [-0.2, 0) is 17.6 Å². The maximum atomic E-state index is 12.3. The average Bonchev–Trinajstić information content (AvgIpc) is 2.48. The smallest absolute Gasteiger partial charge is 0.227 e. The molecule has 3 nitrogen and oxygen atoms in total. The van der Waals surface area contributed by atoms with Gasteiger partial charge in [-0.1, -0.05) is 44.0 Å². The molecule has 1 aromatic rings. The van der Waals surface area contributed by atoms with Crippen molar-refractivity contribution >= 4 is 5.91 Å². The Hall–Kier alpha value is -1.35. The molecule has 2 rings (SSSR count). The molecule has 1 aliphatic rings. The molecule has 0 heterocycles. The predicted octanol–water partition coefficient (Wildman–Crippen LogP) is 2.55. The van der Waals surface area contributed by atoms with Gasteiger partial charge in [0.1, 0.15) is 0 Å². The normalized spacial score (nSPS) is 22.6. The second kappa shape index (κ2) is 6.89. The summed E-state index contributed by atoms with van der Waals surface area (Å²) in [6, 6.07) is 8.21. The minimum Gasteiger partial charge on any atom is -0.391 e. The number of amides is 1. The van der Waals surface area contributed by atoms with E-state index in [1.807, 2.05) is 19.2 Å². The lowest BCUT2D eigenvalue weighted by molar-refractivity contribution is -0.134. The highest BCUT2D eigenvalue weighted by molar-refractivity contribution is 5.78. The molecule has 1 amide bonds. The number of rotatable bonds is 4. The molecule has 1 aromatic carbocycles. The number of aliphatic hydroxyl groups excluding tert-OH is 1. The summed E-state index contributed by atoms with van der Waals surface area (Å²) in [6.45, 7) is 2.12. The zero-order valence-electron chi connectivity index (χ0n) is 12.5. The fourth-order valence-electron chi connectivity index (χ4n) is 2.92. The Labute approximate surface area is 121 Å². The van der Waals surface area contributed by atoms with E-state index in [-0.39, 0.29) is 18.1 Å². The largest absolute Gasteiger partial charge is 0.391 e. The van der Waals surface area contributed by atoms with Crippen LogP contribution in [0.5, 0.6) is 0 Å². The van der Waals surface area contributed by atoms with Gasteiger partial charge in [-0.2, -0.15) is 0 Å². The first-order chi connectivity index (χ1) is 9.61. The Kier molecular flexibility index (Phi) is 5.18. The molecule has 0 spiro atoms. The molecule has 1 N–H and O–H groups in total. The van der Waals surface area contributed by atoms with Crippen LogP contribution in [0.3, 0.4) is 0 Å². The second-order valence-electron chi connectivity index (χ2n) is 5.77. The third-order valence-corrected chi connectivity index (χ3v) is 4.37. The van der Waals surface area contributed by atoms with E-state index in [4.69, 9.17) is 0 Å². The predicted molar refractivity (Wildman–Crippen MR) is 80.6 cm³/mol. The Balaban J connectivity index is 1.95. The first-order valence-electron chi connectivity index (χ1n) is 7.63. The number of nitrogens with zero attached hydrogens (tertiary/aromatic N) is 1. The Bertz CT molecular complexity index is 441. The van der Waals surface area contributed by atoms with Crippen LogP contribution in [0.1, 0.15) is 43.7 Å². The van der Waals surface area contributed by atoms with E-state index in [0.717, 1.165) is 37.7 Å². The van der Waals surface area contributed by atoms with Gasteiger partial charge in [-0.3, -0.25) is 4.79 Å². The molecule has 110 valence electrons. The monoisotopic (exact) mass is 275 g/mol. The van der Waals surface area contributed by atoms with E-state index in [1.54, 1.807) is 4.90 Å². The fourth-order valence-corrected chi connectivity index (χ4v) is 2.92. The van der Waals surface area contributed by atoms with Crippen LogP contribution in [0, 0.1) is 0 Å². The standard InChI is InChI=1S/C17H25NO2/c1-3-13-8-10-14(11-9-13)12-17(20)18(2)15-6-4-5-7-16(15)19/h8-11,15-16,19H,3-7,12H2,1-2H3/t15-,16+/m1/s1. The summed E-state index contributed by atoms with van der Waals surface area (Å²) in [5, 5.41) is 10.0. The maximum absolute atomic E-state index is 12.3. The van der Waals surface area contributed by atoms with Gasteiger partial charge in [0.25, 0.3) is 0 Å². The third-order valence-electron chi connectivity index (χ3n) is 4.37. The number of aryl methyl sites for hydroxylation is 1. The Morgan fingerprint density at radius 3 is 2.40 bits per heavy atom. The molecular weight excluding hydrogens is 250 g/mol. The molecule has 0 bridgehead atoms. The summed E-state index contributed by atoms with van der Waals surface area (Å²) in [5.74, 6) is 0.0974. The van der Waals surface area contributed by atoms with Gasteiger partial charge in [0.05, 0.1) is 18.6 Å². The van der Waals surface area contributed by atoms with Crippen molar-refractivity contribution in [2.45, 2.75) is 57.6 Å². The SMILES string of the molecule is CCc1ccc(CC(=O)N(C)[C@@H]2CCCC[C@@H]2O)cc1. The zero-order chi connectivity index (χ0) is 14.5. The van der Waals surface area contributed by atoms with E-state index in [9.17, 15) is 9.90 Å². The molecule has 20 heavy (non-hydrogen) atoms. The number of hydrogen-bond donors (Lipinski definition) is 1. The van der Waals surface area contributed by atoms with Crippen LogP contribution >= 0.6 is 0 Å². The van der Waals surface area contributed by atoms with E-state index in [1.165, 1.54) is 5.56 Å². The van der Waals surface area contributed by atoms with Crippen molar-refractivity contribution in [3.8, 4) is 0 Å². The topological polar surface area (TPSA) is 40.5 Å². The highest BCUT2D eigenvalue weighted by Gasteiger charge is 2.29. The van der Waals surface area contributed by atoms with Crippen molar-refractivity contribution in [2.24, 2.45) is 0 Å². The first kappa shape index (κ1) is 15.0. The summed E-state index contributed by atoms with van der Waals surface area (Å²) < 4.78 is 0. The minimum atomic E-state index is -0.361. The number of carbonyl (C=O) groups excluding carboxylic acids is 1. The van der Waals surface area contributed by atoms with Crippen molar-refractivity contribution in [3.63, 3.8) is 0 Å². The van der Waals surface area contributed by atoms with Gasteiger partial charge < -0.3 is 10.0 Å². The van der Waals surface area contributed by atoms with E-state index >= 15 is 0 Å². The highest BCUT2D eigenvalue weighted by Crippen LogP contribution is 2.23. The van der Waals surface area contributed by atoms with Crippen molar-refractivity contribution in [3.05, 3.63) is 35.4 Å². The average molecular weight is 275 g/mol. The summed E-state index contributed by atoms with van der Waals surface area (Å²) >= 11 is 0. The number of likely N-dealkylation sites (N-methyl/N-ethyl adjacent to an activating group) is 1. The minimum absolute atomic E-state index is 0.00818. The van der Waals surface area contributed by atoms with Crippen LogP contribution in [0.4, 0.5) is 0 Å². The zero-order valence-corrected chi connectivity index (χ0v) is 12.5. The summed E-state index contributed by atoms with van der Waals surface area (Å²) in [6.07, 6.45) is 4.97. The number of hydrogen-bond acceptors (Lipinski definition) is 2. The molecular formula is C17H25NO2. The molecule has 0 aliphatic heterocycles. The number of carbonyl (C=O) groups is 1. The van der Waals surface area contributed by atoms with Crippen LogP contribution in [0.25, 0.3) is 0 Å². The molecule has 0 saturated heterocycles. The Morgan fingerprint density at radius 2 is 1.80 bits per heavy atom. The first-order valence-corrected chi connectivity index (χ1v) is 7.63. The van der Waals surface area contributed by atoms with Crippen LogP contribution in [-0.4, -0.2) is 35.1 Å². The van der Waals surface area contributed by atoms with Crippen LogP contribution in [0.2, 0.25) is 0 Å². The summed E-state index contributed by atoms with van der Waals surface area (Å²) in [4.78, 5) is 14.1. The molecule has 0 aromatic heterocycles. The molecule has 1 saturated carbocycles. The van der Waals surface area contributed by atoms with Gasteiger partial charge in [0.2, 0.25) is 5.91 Å². The molecule has 3 heteroatoms. The van der Waals surface area contributed by atoms with Gasteiger partial charge in [0, 0.05) is 7.05 Å². The second-order valence-corrected chi connectivity index (χ2v) is 5.77. The maximum Gasteiger partial charge on any atom is 0.227 e. The van der Waals surface area contributed by atoms with Gasteiger partial charge in [-0.25, -0.2) is 0 Å². The van der Waals surface area contributed by atoms with Crippen molar-refractivity contribution < 1.29 is 9.90 Å². The number of benzene rings is 1. The lowest BCUT2D eigenvalue weighted by Gasteiger charge is -2.35. The highest BCUT2D eigenvalue weighted by atomic mass is 16.3. The van der Waals surface area contributed by atoms with Crippen LogP contribution in [0.15, 0.2) is 24.3 Å². The van der Waals surface area contributed by atoms with E-state index in [2.05, 4.69) is 19.1 Å². The lowest BCUT2D eigenvalue weighted by Crippen LogP contribution is -2.46. The third kappa shape index (κ3) is 3.60. The molecule has 0 radical (unpaired) electrons. The quantitative estimate of drug-likeness (QED) is 0.917. The number of aliphatic hydroxyl groups is 1. The molecule has 1 aliphatic carbocycles. The lowest BCUT2D eigenvalue weighted by atomic mass is 9.91. The van der Waals surface area contributed by atoms with Crippen molar-refractivity contribution in [2.75, 3.05) is 7.05 Å². The van der Waals surface area contributed by atoms with Crippen molar-refractivity contribution in [1.29, 1.82) is 0 Å². The molecule has 0 unspecified atom stereocenters. The Morgan fingerprint density at radius 1 is 1.20 bits per heavy atom.